The average molecular weight is 309 g/mol. The lowest BCUT2D eigenvalue weighted by molar-refractivity contribution is -0.386. The third kappa shape index (κ3) is 3.08. The van der Waals surface area contributed by atoms with Crippen molar-refractivity contribution < 1.29 is 18.4 Å². The molecule has 1 heterocycles. The predicted octanol–water partition coefficient (Wildman–Crippen LogP) is 1.80. The Bertz CT molecular complexity index is 804. The van der Waals surface area contributed by atoms with Gasteiger partial charge in [0.05, 0.1) is 15.5 Å². The van der Waals surface area contributed by atoms with Gasteiger partial charge in [-0.1, -0.05) is 0 Å². The number of nitro benzene ring substituents is 1. The lowest BCUT2D eigenvalue weighted by Crippen LogP contribution is -2.14. The zero-order valence-corrected chi connectivity index (χ0v) is 11.7. The molecule has 9 heteroatoms. The Morgan fingerprint density at radius 1 is 1.33 bits per heavy atom. The zero-order chi connectivity index (χ0) is 15.6. The molecule has 1 aromatic heterocycles. The van der Waals surface area contributed by atoms with Gasteiger partial charge in [-0.25, -0.2) is 8.42 Å². The van der Waals surface area contributed by atoms with Crippen molar-refractivity contribution in [1.29, 1.82) is 0 Å². The Balaban J connectivity index is 2.43. The van der Waals surface area contributed by atoms with E-state index < -0.39 is 26.4 Å². The average Bonchev–Trinajstić information content (AvgIpc) is 2.41. The van der Waals surface area contributed by atoms with Crippen LogP contribution < -0.4 is 4.72 Å². The van der Waals surface area contributed by atoms with Crippen LogP contribution in [0.4, 0.5) is 11.4 Å². The third-order valence-electron chi connectivity index (χ3n) is 2.72. The van der Waals surface area contributed by atoms with Gasteiger partial charge in [0, 0.05) is 18.5 Å². The lowest BCUT2D eigenvalue weighted by Gasteiger charge is -2.10. The van der Waals surface area contributed by atoms with Gasteiger partial charge >= 0.3 is 5.69 Å². The van der Waals surface area contributed by atoms with Crippen LogP contribution in [0.3, 0.4) is 0 Å². The highest BCUT2D eigenvalue weighted by atomic mass is 32.2. The highest BCUT2D eigenvalue weighted by Gasteiger charge is 2.21. The first-order valence-electron chi connectivity index (χ1n) is 5.72. The quantitative estimate of drug-likeness (QED) is 0.656. The number of nitro groups is 1. The number of benzene rings is 1. The first-order valence-corrected chi connectivity index (χ1v) is 7.20. The summed E-state index contributed by atoms with van der Waals surface area (Å²) in [5.41, 5.74) is 0.249. The molecule has 0 aliphatic rings. The standard InChI is InChI=1S/C12H11N3O5S/c1-8-7-13-5-4-10(8)14-21(19,20)9-2-3-12(16)11(6-9)15(17)18/h2-7,16H,1H3,(H,13,14). The number of aromatic nitrogens is 1. The van der Waals surface area contributed by atoms with Crippen LogP contribution in [0.2, 0.25) is 0 Å². The van der Waals surface area contributed by atoms with Crippen molar-refractivity contribution in [3.05, 3.63) is 52.3 Å². The van der Waals surface area contributed by atoms with Crippen molar-refractivity contribution in [3.8, 4) is 5.75 Å². The summed E-state index contributed by atoms with van der Waals surface area (Å²) in [6, 6.07) is 4.32. The molecule has 2 aromatic rings. The molecule has 8 nitrogen and oxygen atoms in total. The van der Waals surface area contributed by atoms with Crippen LogP contribution in [0.1, 0.15) is 5.56 Å². The van der Waals surface area contributed by atoms with Crippen LogP contribution >= 0.6 is 0 Å². The monoisotopic (exact) mass is 309 g/mol. The SMILES string of the molecule is Cc1cnccc1NS(=O)(=O)c1ccc(O)c([N+](=O)[O-])c1. The predicted molar refractivity (Wildman–Crippen MR) is 74.5 cm³/mol. The van der Waals surface area contributed by atoms with Gasteiger partial charge in [0.15, 0.2) is 5.75 Å². The molecule has 1 aromatic carbocycles. The van der Waals surface area contributed by atoms with E-state index in [0.717, 1.165) is 18.2 Å². The number of hydrogen-bond donors (Lipinski definition) is 2. The van der Waals surface area contributed by atoms with Gasteiger partial charge in [-0.3, -0.25) is 19.8 Å². The van der Waals surface area contributed by atoms with Crippen molar-refractivity contribution in [3.63, 3.8) is 0 Å². The van der Waals surface area contributed by atoms with Gasteiger partial charge in [-0.05, 0) is 30.7 Å². The Labute approximate surface area is 120 Å². The van der Waals surface area contributed by atoms with Crippen molar-refractivity contribution in [2.45, 2.75) is 11.8 Å². The molecule has 0 amide bonds. The summed E-state index contributed by atoms with van der Waals surface area (Å²) in [5.74, 6) is -0.598. The molecule has 2 rings (SSSR count). The number of nitrogens with zero attached hydrogens (tertiary/aromatic N) is 2. The number of phenolic OH excluding ortho intramolecular Hbond substituents is 1. The molecule has 0 aliphatic carbocycles. The van der Waals surface area contributed by atoms with Gasteiger partial charge in [-0.2, -0.15) is 0 Å². The van der Waals surface area contributed by atoms with Crippen LogP contribution in [-0.4, -0.2) is 23.4 Å². The molecule has 21 heavy (non-hydrogen) atoms. The van der Waals surface area contributed by atoms with E-state index in [1.807, 2.05) is 0 Å². The van der Waals surface area contributed by atoms with Crippen LogP contribution in [0.15, 0.2) is 41.6 Å². The molecule has 0 atom stereocenters. The molecule has 2 N–H and O–H groups in total. The van der Waals surface area contributed by atoms with Crippen LogP contribution in [0.25, 0.3) is 0 Å². The maximum absolute atomic E-state index is 12.2. The van der Waals surface area contributed by atoms with Crippen LogP contribution in [0.5, 0.6) is 5.75 Å². The Kier molecular flexibility index (Phi) is 3.76. The van der Waals surface area contributed by atoms with Crippen molar-refractivity contribution in [2.24, 2.45) is 0 Å². The second-order valence-electron chi connectivity index (χ2n) is 4.20. The lowest BCUT2D eigenvalue weighted by atomic mass is 10.3. The topological polar surface area (TPSA) is 122 Å². The Hall–Kier alpha value is -2.68. The van der Waals surface area contributed by atoms with E-state index in [-0.39, 0.29) is 4.90 Å². The maximum Gasteiger partial charge on any atom is 0.312 e. The summed E-state index contributed by atoms with van der Waals surface area (Å²) in [7, 11) is -4.00. The highest BCUT2D eigenvalue weighted by molar-refractivity contribution is 7.92. The van der Waals surface area contributed by atoms with E-state index >= 15 is 0 Å². The van der Waals surface area contributed by atoms with E-state index in [4.69, 9.17) is 0 Å². The van der Waals surface area contributed by atoms with Crippen LogP contribution in [0, 0.1) is 17.0 Å². The number of pyridine rings is 1. The highest BCUT2D eigenvalue weighted by Crippen LogP contribution is 2.29. The molecule has 0 fully saturated rings. The number of nitrogens with one attached hydrogen (secondary N) is 1. The fraction of sp³-hybridized carbons (Fsp3) is 0.0833. The summed E-state index contributed by atoms with van der Waals surface area (Å²) in [5, 5.41) is 20.1. The fourth-order valence-corrected chi connectivity index (χ4v) is 2.76. The number of rotatable bonds is 4. The van der Waals surface area contributed by atoms with Crippen molar-refractivity contribution in [1.82, 2.24) is 4.98 Å². The van der Waals surface area contributed by atoms with Gasteiger partial charge in [0.2, 0.25) is 0 Å². The summed E-state index contributed by atoms with van der Waals surface area (Å²) in [6.45, 7) is 1.67. The fourth-order valence-electron chi connectivity index (χ4n) is 1.61. The molecule has 0 unspecified atom stereocenters. The number of aromatic hydroxyl groups is 1. The summed E-state index contributed by atoms with van der Waals surface area (Å²) >= 11 is 0. The van der Waals surface area contributed by atoms with E-state index in [2.05, 4.69) is 9.71 Å². The second kappa shape index (κ2) is 5.37. The molecular formula is C12H11N3O5S. The summed E-state index contributed by atoms with van der Waals surface area (Å²) in [4.78, 5) is 13.4. The first kappa shape index (κ1) is 14.7. The number of hydrogen-bond acceptors (Lipinski definition) is 6. The summed E-state index contributed by atoms with van der Waals surface area (Å²) < 4.78 is 26.7. The third-order valence-corrected chi connectivity index (χ3v) is 4.08. The molecule has 110 valence electrons. The van der Waals surface area contributed by atoms with Crippen molar-refractivity contribution in [2.75, 3.05) is 4.72 Å². The van der Waals surface area contributed by atoms with E-state index in [1.165, 1.54) is 18.5 Å². The second-order valence-corrected chi connectivity index (χ2v) is 5.89. The minimum absolute atomic E-state index is 0.316. The molecule has 0 saturated carbocycles. The Morgan fingerprint density at radius 3 is 2.67 bits per heavy atom. The van der Waals surface area contributed by atoms with Gasteiger partial charge in [0.1, 0.15) is 0 Å². The van der Waals surface area contributed by atoms with Gasteiger partial charge < -0.3 is 5.11 Å². The zero-order valence-electron chi connectivity index (χ0n) is 10.8. The number of aryl methyl sites for hydroxylation is 1. The minimum atomic E-state index is -4.00. The normalized spacial score (nSPS) is 11.1. The minimum Gasteiger partial charge on any atom is -0.502 e. The molecule has 0 spiro atoms. The largest absolute Gasteiger partial charge is 0.502 e. The van der Waals surface area contributed by atoms with Crippen LogP contribution in [-0.2, 0) is 10.0 Å². The molecule has 0 bridgehead atoms. The Morgan fingerprint density at radius 2 is 2.05 bits per heavy atom. The summed E-state index contributed by atoms with van der Waals surface area (Å²) in [6.07, 6.45) is 2.90. The molecule has 0 radical (unpaired) electrons. The van der Waals surface area contributed by atoms with Crippen molar-refractivity contribution >= 4 is 21.4 Å². The number of phenols is 1. The maximum atomic E-state index is 12.2. The van der Waals surface area contributed by atoms with E-state index in [0.29, 0.717) is 11.3 Å². The molecule has 0 saturated heterocycles. The van der Waals surface area contributed by atoms with E-state index in [9.17, 15) is 23.6 Å². The smallest absolute Gasteiger partial charge is 0.312 e. The van der Waals surface area contributed by atoms with Gasteiger partial charge in [0.25, 0.3) is 10.0 Å². The molecular weight excluding hydrogens is 298 g/mol. The first-order chi connectivity index (χ1) is 9.81. The van der Waals surface area contributed by atoms with E-state index in [1.54, 1.807) is 6.92 Å². The van der Waals surface area contributed by atoms with Gasteiger partial charge in [-0.15, -0.1) is 0 Å². The number of sulfonamides is 1. The molecule has 0 aliphatic heterocycles. The number of anilines is 1.